The summed E-state index contributed by atoms with van der Waals surface area (Å²) < 4.78 is 55.1. The maximum atomic E-state index is 14.1. The molecule has 1 N–H and O–H groups in total. The molecule has 4 aromatic rings. The van der Waals surface area contributed by atoms with Crippen LogP contribution in [-0.4, -0.2) is 62.8 Å². The number of carbonyl (C=O) groups excluding carboxylic acids is 1. The fourth-order valence-electron chi connectivity index (χ4n) is 3.86. The molecule has 0 aliphatic carbocycles. The lowest BCUT2D eigenvalue weighted by Gasteiger charge is -2.26. The maximum absolute atomic E-state index is 14.1. The fraction of sp³-hybridized carbons (Fsp3) is 0.208. The fourth-order valence-corrected chi connectivity index (χ4v) is 4.75. The van der Waals surface area contributed by atoms with E-state index in [1.807, 2.05) is 6.07 Å². The van der Waals surface area contributed by atoms with Gasteiger partial charge in [-0.3, -0.25) is 13.9 Å². The number of morpholine rings is 1. The number of hydrogen-bond acceptors (Lipinski definition) is 6. The molecular formula is C24H21F2N5O4S. The number of rotatable bonds is 6. The summed E-state index contributed by atoms with van der Waals surface area (Å²) in [5.74, 6) is -1.71. The van der Waals surface area contributed by atoms with Gasteiger partial charge in [0.15, 0.2) is 11.0 Å². The molecule has 0 saturated carbocycles. The smallest absolute Gasteiger partial charge is 0.272 e. The number of methoxy groups -OCH3 is 1. The number of imidazole rings is 1. The van der Waals surface area contributed by atoms with Crippen LogP contribution in [0.1, 0.15) is 10.5 Å². The van der Waals surface area contributed by atoms with Crippen molar-refractivity contribution in [3.05, 3.63) is 72.3 Å². The number of fused-ring (bicyclic) bond motifs is 1. The Morgan fingerprint density at radius 1 is 1.08 bits per heavy atom. The number of nitrogens with zero attached hydrogens (tertiary/aromatic N) is 4. The summed E-state index contributed by atoms with van der Waals surface area (Å²) >= 11 is 0. The Kier molecular flexibility index (Phi) is 6.61. The Balaban J connectivity index is 1.47. The Labute approximate surface area is 207 Å². The molecular weight excluding hydrogens is 492 g/mol. The van der Waals surface area contributed by atoms with Gasteiger partial charge in [-0.05, 0) is 30.3 Å². The highest BCUT2D eigenvalue weighted by Crippen LogP contribution is 2.30. The van der Waals surface area contributed by atoms with Crippen molar-refractivity contribution in [2.45, 2.75) is 4.90 Å². The number of benzene rings is 1. The van der Waals surface area contributed by atoms with Gasteiger partial charge in [-0.2, -0.15) is 0 Å². The molecule has 1 amide bonds. The molecule has 12 heteroatoms. The molecule has 36 heavy (non-hydrogen) atoms. The van der Waals surface area contributed by atoms with Crippen LogP contribution >= 0.6 is 0 Å². The Hall–Kier alpha value is -3.90. The number of pyridine rings is 2. The van der Waals surface area contributed by atoms with Crippen LogP contribution in [0.25, 0.3) is 16.8 Å². The van der Waals surface area contributed by atoms with Crippen molar-refractivity contribution in [1.29, 1.82) is 0 Å². The van der Waals surface area contributed by atoms with Gasteiger partial charge in [-0.25, -0.2) is 23.0 Å². The number of nitrogens with one attached hydrogen (secondary N) is 1. The number of carbonyl (C=O) groups is 1. The van der Waals surface area contributed by atoms with E-state index in [0.717, 1.165) is 12.1 Å². The molecule has 5 rings (SSSR count). The van der Waals surface area contributed by atoms with Crippen LogP contribution in [0, 0.1) is 11.6 Å². The third kappa shape index (κ3) is 4.64. The molecule has 186 valence electrons. The molecule has 0 spiro atoms. The zero-order valence-corrected chi connectivity index (χ0v) is 19.9. The van der Waals surface area contributed by atoms with E-state index in [2.05, 4.69) is 14.7 Å². The lowest BCUT2D eigenvalue weighted by atomic mass is 10.1. The van der Waals surface area contributed by atoms with Crippen LogP contribution in [-0.2, 0) is 15.7 Å². The second-order valence-electron chi connectivity index (χ2n) is 7.92. The van der Waals surface area contributed by atoms with Gasteiger partial charge in [0.25, 0.3) is 5.91 Å². The average Bonchev–Trinajstić information content (AvgIpc) is 3.32. The van der Waals surface area contributed by atoms with Crippen LogP contribution in [0.5, 0.6) is 5.88 Å². The number of halogens is 2. The zero-order valence-electron chi connectivity index (χ0n) is 19.1. The third-order valence-electron chi connectivity index (χ3n) is 5.70. The number of amides is 1. The Morgan fingerprint density at radius 2 is 1.89 bits per heavy atom. The van der Waals surface area contributed by atoms with Gasteiger partial charge >= 0.3 is 0 Å². The van der Waals surface area contributed by atoms with Crippen molar-refractivity contribution in [1.82, 2.24) is 19.3 Å². The van der Waals surface area contributed by atoms with Gasteiger partial charge in [0.1, 0.15) is 28.7 Å². The number of aromatic nitrogens is 3. The van der Waals surface area contributed by atoms with E-state index in [1.54, 1.807) is 33.8 Å². The van der Waals surface area contributed by atoms with Gasteiger partial charge in [0, 0.05) is 42.7 Å². The average molecular weight is 514 g/mol. The predicted octanol–water partition coefficient (Wildman–Crippen LogP) is 3.29. The molecule has 1 fully saturated rings. The first kappa shape index (κ1) is 23.8. The number of ether oxygens (including phenoxy) is 2. The monoisotopic (exact) mass is 513 g/mol. The second kappa shape index (κ2) is 9.99. The maximum Gasteiger partial charge on any atom is 0.272 e. The van der Waals surface area contributed by atoms with Crippen LogP contribution < -0.4 is 9.46 Å². The van der Waals surface area contributed by atoms with Crippen molar-refractivity contribution in [2.75, 3.05) is 38.1 Å². The Bertz CT molecular complexity index is 1470. The summed E-state index contributed by atoms with van der Waals surface area (Å²) in [6.45, 7) is 2.00. The standard InChI is InChI=1S/C24H21F2N5O4S/c1-34-23-19(29-36(33)21-4-3-17(25)11-18(21)26)10-16(12-28-23)15-2-5-22-27-13-20(31(22)14-15)24(32)30-6-8-35-9-7-30/h2-5,10-14,29H,6-9H2,1H3. The first-order chi connectivity index (χ1) is 17.4. The van der Waals surface area contributed by atoms with Crippen LogP contribution in [0.15, 0.2) is 59.9 Å². The summed E-state index contributed by atoms with van der Waals surface area (Å²) in [5.41, 5.74) is 2.58. The summed E-state index contributed by atoms with van der Waals surface area (Å²) in [6.07, 6.45) is 4.86. The van der Waals surface area contributed by atoms with E-state index in [1.165, 1.54) is 13.3 Å². The topological polar surface area (TPSA) is 98.1 Å². The molecule has 1 aliphatic heterocycles. The minimum Gasteiger partial charge on any atom is -0.480 e. The summed E-state index contributed by atoms with van der Waals surface area (Å²) in [4.78, 5) is 23.2. The molecule has 1 saturated heterocycles. The molecule has 4 heterocycles. The molecule has 1 aromatic carbocycles. The van der Waals surface area contributed by atoms with E-state index in [-0.39, 0.29) is 22.4 Å². The zero-order chi connectivity index (χ0) is 25.2. The Morgan fingerprint density at radius 3 is 2.64 bits per heavy atom. The van der Waals surface area contributed by atoms with Crippen molar-refractivity contribution in [3.63, 3.8) is 0 Å². The third-order valence-corrected chi connectivity index (χ3v) is 6.83. The van der Waals surface area contributed by atoms with Gasteiger partial charge in [0.05, 0.1) is 31.4 Å². The van der Waals surface area contributed by atoms with E-state index in [4.69, 9.17) is 9.47 Å². The highest BCUT2D eigenvalue weighted by Gasteiger charge is 2.22. The summed E-state index contributed by atoms with van der Waals surface area (Å²) in [7, 11) is -0.648. The minimum absolute atomic E-state index is 0.140. The van der Waals surface area contributed by atoms with E-state index in [0.29, 0.717) is 54.8 Å². The van der Waals surface area contributed by atoms with Crippen LogP contribution in [0.3, 0.4) is 0 Å². The highest BCUT2D eigenvalue weighted by atomic mass is 32.2. The molecule has 0 radical (unpaired) electrons. The van der Waals surface area contributed by atoms with Crippen molar-refractivity contribution in [2.24, 2.45) is 0 Å². The lowest BCUT2D eigenvalue weighted by molar-refractivity contribution is 0.0298. The van der Waals surface area contributed by atoms with E-state index >= 15 is 0 Å². The van der Waals surface area contributed by atoms with Crippen LogP contribution in [0.2, 0.25) is 0 Å². The van der Waals surface area contributed by atoms with Gasteiger partial charge in [-0.1, -0.05) is 0 Å². The van der Waals surface area contributed by atoms with Crippen molar-refractivity contribution < 1.29 is 27.3 Å². The molecule has 1 aliphatic rings. The molecule has 9 nitrogen and oxygen atoms in total. The van der Waals surface area contributed by atoms with Crippen LogP contribution in [0.4, 0.5) is 14.5 Å². The normalized spacial score (nSPS) is 14.6. The molecule has 3 aromatic heterocycles. The van der Waals surface area contributed by atoms with Crippen molar-refractivity contribution >= 4 is 28.2 Å². The van der Waals surface area contributed by atoms with Gasteiger partial charge in [-0.15, -0.1) is 0 Å². The summed E-state index contributed by atoms with van der Waals surface area (Å²) in [5, 5.41) is 0. The van der Waals surface area contributed by atoms with Gasteiger partial charge < -0.3 is 14.4 Å². The first-order valence-corrected chi connectivity index (χ1v) is 12.1. The molecule has 1 atom stereocenters. The number of hydrogen-bond donors (Lipinski definition) is 1. The van der Waals surface area contributed by atoms with Crippen molar-refractivity contribution in [3.8, 4) is 17.0 Å². The first-order valence-electron chi connectivity index (χ1n) is 11.0. The minimum atomic E-state index is -2.05. The van der Waals surface area contributed by atoms with E-state index < -0.39 is 22.6 Å². The highest BCUT2D eigenvalue weighted by molar-refractivity contribution is 7.86. The quantitative estimate of drug-likeness (QED) is 0.425. The predicted molar refractivity (Wildman–Crippen MR) is 128 cm³/mol. The SMILES string of the molecule is COc1ncc(-c2ccc3ncc(C(=O)N4CCOCC4)n3c2)cc1NS(=O)c1ccc(F)cc1F. The molecule has 0 bridgehead atoms. The largest absolute Gasteiger partial charge is 0.480 e. The second-order valence-corrected chi connectivity index (χ2v) is 9.10. The van der Waals surface area contributed by atoms with Gasteiger partial charge in [0.2, 0.25) is 5.88 Å². The lowest BCUT2D eigenvalue weighted by Crippen LogP contribution is -2.41. The summed E-state index contributed by atoms with van der Waals surface area (Å²) in [6, 6.07) is 8.03. The molecule has 1 unspecified atom stereocenters. The van der Waals surface area contributed by atoms with E-state index in [9.17, 15) is 17.8 Å². The number of anilines is 1.